The zero-order valence-corrected chi connectivity index (χ0v) is 30.5. The summed E-state index contributed by atoms with van der Waals surface area (Å²) in [6.07, 6.45) is 2.96. The van der Waals surface area contributed by atoms with E-state index in [4.69, 9.17) is 23.6 Å². The van der Waals surface area contributed by atoms with Crippen molar-refractivity contribution in [3.8, 4) is 69.3 Å². The molecule has 0 saturated carbocycles. The van der Waals surface area contributed by atoms with Gasteiger partial charge >= 0.3 is 0 Å². The minimum atomic E-state index is -0.430. The van der Waals surface area contributed by atoms with Gasteiger partial charge < -0.3 is 34.0 Å². The third-order valence-corrected chi connectivity index (χ3v) is 9.64. The van der Waals surface area contributed by atoms with Crippen molar-refractivity contribution in [3.63, 3.8) is 0 Å². The number of aromatic nitrogens is 4. The van der Waals surface area contributed by atoms with E-state index >= 15 is 0 Å². The Balaban J connectivity index is 0.000000170. The quantitative estimate of drug-likeness (QED) is 0.124. The molecule has 0 spiro atoms. The van der Waals surface area contributed by atoms with Crippen LogP contribution in [0, 0.1) is 22.7 Å². The number of rotatable bonds is 11. The summed E-state index contributed by atoms with van der Waals surface area (Å²) >= 11 is 0. The van der Waals surface area contributed by atoms with E-state index < -0.39 is 6.10 Å². The molecule has 0 fully saturated rings. The Labute approximate surface area is 317 Å². The molecule has 13 nitrogen and oxygen atoms in total. The van der Waals surface area contributed by atoms with Crippen LogP contribution in [0.2, 0.25) is 0 Å². The van der Waals surface area contributed by atoms with E-state index in [9.17, 15) is 15.6 Å². The number of benzene rings is 4. The second-order valence-corrected chi connectivity index (χ2v) is 12.9. The van der Waals surface area contributed by atoms with Crippen LogP contribution in [-0.4, -0.2) is 56.9 Å². The Morgan fingerprint density at radius 2 is 1.27 bits per heavy atom. The lowest BCUT2D eigenvalue weighted by atomic mass is 10.0. The van der Waals surface area contributed by atoms with Crippen molar-refractivity contribution in [2.75, 3.05) is 26.4 Å². The lowest BCUT2D eigenvalue weighted by Crippen LogP contribution is -2.22. The molecule has 3 N–H and O–H groups in total. The average molecular weight is 738 g/mol. The van der Waals surface area contributed by atoms with Crippen molar-refractivity contribution >= 4 is 0 Å². The molecule has 13 heteroatoms. The van der Waals surface area contributed by atoms with Crippen LogP contribution < -0.4 is 14.8 Å². The van der Waals surface area contributed by atoms with E-state index in [-0.39, 0.29) is 12.6 Å². The van der Waals surface area contributed by atoms with Crippen LogP contribution in [0.1, 0.15) is 72.2 Å². The van der Waals surface area contributed by atoms with Gasteiger partial charge in [0.15, 0.2) is 0 Å². The lowest BCUT2D eigenvalue weighted by molar-refractivity contribution is 0.180. The summed E-state index contributed by atoms with van der Waals surface area (Å²) in [5.41, 5.74) is 8.46. The molecule has 2 aliphatic rings. The summed E-state index contributed by atoms with van der Waals surface area (Å²) in [6.45, 7) is 5.41. The summed E-state index contributed by atoms with van der Waals surface area (Å²) in [7, 11) is 0. The maximum Gasteiger partial charge on any atom is 0.258 e. The number of hydrogen-bond donors (Lipinski definition) is 3. The zero-order valence-electron chi connectivity index (χ0n) is 30.5. The minimum Gasteiger partial charge on any atom is -0.492 e. The normalized spacial score (nSPS) is 15.3. The molecule has 0 radical (unpaired) electrons. The van der Waals surface area contributed by atoms with Gasteiger partial charge in [-0.05, 0) is 98.2 Å². The highest BCUT2D eigenvalue weighted by Gasteiger charge is 2.27. The molecular formula is C42H39N7O6. The molecule has 0 bridgehead atoms. The first-order valence-corrected chi connectivity index (χ1v) is 18.2. The van der Waals surface area contributed by atoms with Crippen LogP contribution in [0.4, 0.5) is 0 Å². The number of nitrogens with zero attached hydrogens (tertiary/aromatic N) is 6. The van der Waals surface area contributed by atoms with E-state index in [1.54, 1.807) is 30.3 Å². The molecule has 2 heterocycles. The number of aliphatic hydroxyl groups excluding tert-OH is 2. The largest absolute Gasteiger partial charge is 0.492 e. The molecule has 6 aromatic rings. The number of nitrogens with one attached hydrogen (secondary N) is 1. The fourth-order valence-corrected chi connectivity index (χ4v) is 7.12. The molecule has 0 aliphatic heterocycles. The first-order valence-electron chi connectivity index (χ1n) is 18.2. The predicted molar refractivity (Wildman–Crippen MR) is 202 cm³/mol. The highest BCUT2D eigenvalue weighted by molar-refractivity contribution is 5.68. The summed E-state index contributed by atoms with van der Waals surface area (Å²) in [4.78, 5) is 9.07. The Hall–Kier alpha value is -6.38. The smallest absolute Gasteiger partial charge is 0.258 e. The standard InChI is InChI=1S/C22H22N4O3.C20H17N3O3/c1-2-28-20-9-6-14(12-15(20)13-23)22-25-21(26-29-22)18-5-3-4-17-16(18)7-8-19(17)24-10-11-27;1-2-25-18-9-6-12(10-13(18)11-21)20-22-19(23-26-20)16-5-3-4-15-14(16)7-8-17(15)24/h3-6,9,12,19,24,27H,2,7-8,10-11H2,1H3;3-6,9-10,17,24H,2,7-8H2,1H3. The highest BCUT2D eigenvalue weighted by Crippen LogP contribution is 2.39. The van der Waals surface area contributed by atoms with Crippen LogP contribution >= 0.6 is 0 Å². The van der Waals surface area contributed by atoms with Crippen LogP contribution in [0.5, 0.6) is 11.5 Å². The van der Waals surface area contributed by atoms with Gasteiger partial charge in [0.2, 0.25) is 11.6 Å². The summed E-state index contributed by atoms with van der Waals surface area (Å²) < 4.78 is 21.8. The van der Waals surface area contributed by atoms with Gasteiger partial charge in [0.1, 0.15) is 23.6 Å². The van der Waals surface area contributed by atoms with Crippen LogP contribution in [0.15, 0.2) is 81.8 Å². The van der Waals surface area contributed by atoms with Crippen molar-refractivity contribution in [2.45, 2.75) is 51.7 Å². The molecule has 0 amide bonds. The molecule has 2 atom stereocenters. The number of ether oxygens (including phenoxy) is 2. The predicted octanol–water partition coefficient (Wildman–Crippen LogP) is 6.90. The highest BCUT2D eigenvalue weighted by atomic mass is 16.5. The molecule has 8 rings (SSSR count). The van der Waals surface area contributed by atoms with Crippen molar-refractivity contribution in [1.82, 2.24) is 25.6 Å². The molecule has 4 aromatic carbocycles. The second-order valence-electron chi connectivity index (χ2n) is 12.9. The summed E-state index contributed by atoms with van der Waals surface area (Å²) in [5.74, 6) is 2.81. The van der Waals surface area contributed by atoms with Crippen molar-refractivity contribution in [3.05, 3.63) is 106 Å². The van der Waals surface area contributed by atoms with Gasteiger partial charge in [0.05, 0.1) is 37.1 Å². The maximum absolute atomic E-state index is 10.1. The fourth-order valence-electron chi connectivity index (χ4n) is 7.12. The second kappa shape index (κ2) is 16.7. The maximum atomic E-state index is 10.1. The zero-order chi connectivity index (χ0) is 38.3. The van der Waals surface area contributed by atoms with E-state index in [1.165, 1.54) is 11.1 Å². The van der Waals surface area contributed by atoms with Gasteiger partial charge in [-0.25, -0.2) is 0 Å². The summed E-state index contributed by atoms with van der Waals surface area (Å²) in [6, 6.07) is 26.8. The first kappa shape index (κ1) is 37.0. The fraction of sp³-hybridized carbons (Fsp3) is 0.286. The minimum absolute atomic E-state index is 0.118. The number of hydrogen-bond acceptors (Lipinski definition) is 13. The van der Waals surface area contributed by atoms with E-state index in [1.807, 2.05) is 50.2 Å². The third kappa shape index (κ3) is 7.68. The third-order valence-electron chi connectivity index (χ3n) is 9.64. The molecule has 278 valence electrons. The van der Waals surface area contributed by atoms with Gasteiger partial charge in [-0.1, -0.05) is 46.7 Å². The lowest BCUT2D eigenvalue weighted by Gasteiger charge is -2.13. The molecule has 2 aromatic heterocycles. The Bertz CT molecular complexity index is 2390. The van der Waals surface area contributed by atoms with Gasteiger partial charge in [0, 0.05) is 34.8 Å². The monoisotopic (exact) mass is 737 g/mol. The Morgan fingerprint density at radius 1 is 0.745 bits per heavy atom. The molecule has 2 aliphatic carbocycles. The van der Waals surface area contributed by atoms with Crippen LogP contribution in [0.3, 0.4) is 0 Å². The van der Waals surface area contributed by atoms with Gasteiger partial charge in [-0.15, -0.1) is 0 Å². The number of fused-ring (bicyclic) bond motifs is 2. The first-order chi connectivity index (χ1) is 27.0. The number of nitriles is 2. The molecular weight excluding hydrogens is 699 g/mol. The van der Waals surface area contributed by atoms with Crippen molar-refractivity contribution in [2.24, 2.45) is 0 Å². The average Bonchev–Trinajstić information content (AvgIpc) is 4.05. The molecule has 2 unspecified atom stereocenters. The van der Waals surface area contributed by atoms with Crippen LogP contribution in [-0.2, 0) is 12.8 Å². The van der Waals surface area contributed by atoms with Crippen molar-refractivity contribution in [1.29, 1.82) is 10.5 Å². The topological polar surface area (TPSA) is 196 Å². The Kier molecular flexibility index (Phi) is 11.3. The van der Waals surface area contributed by atoms with E-state index in [0.717, 1.165) is 41.5 Å². The molecule has 55 heavy (non-hydrogen) atoms. The van der Waals surface area contributed by atoms with Gasteiger partial charge in [-0.2, -0.15) is 20.5 Å². The molecule has 0 saturated heterocycles. The van der Waals surface area contributed by atoms with Crippen LogP contribution in [0.25, 0.3) is 45.7 Å². The van der Waals surface area contributed by atoms with E-state index in [2.05, 4.69) is 43.8 Å². The van der Waals surface area contributed by atoms with Gasteiger partial charge in [-0.3, -0.25) is 0 Å². The Morgan fingerprint density at radius 3 is 1.80 bits per heavy atom. The van der Waals surface area contributed by atoms with Crippen molar-refractivity contribution < 1.29 is 28.7 Å². The summed E-state index contributed by atoms with van der Waals surface area (Å²) in [5, 5.41) is 49.5. The van der Waals surface area contributed by atoms with Gasteiger partial charge in [0.25, 0.3) is 11.8 Å². The van der Waals surface area contributed by atoms with E-state index in [0.29, 0.717) is 83.4 Å². The SMILES string of the molecule is CCOc1ccc(-c2nc(-c3cccc4c3CCC4NCCO)no2)cc1C#N.CCOc1ccc(-c2nc(-c3cccc4c3CCC4O)no2)cc1C#N. The number of aliphatic hydroxyl groups is 2.